The molecule has 138 valence electrons. The first-order valence-corrected chi connectivity index (χ1v) is 8.59. The largest absolute Gasteiger partial charge is 0.493 e. The van der Waals surface area contributed by atoms with Gasteiger partial charge in [0.1, 0.15) is 0 Å². The molecular formula is C18H18INO6. The van der Waals surface area contributed by atoms with E-state index >= 15 is 0 Å². The molecule has 1 amide bonds. The number of amides is 1. The fourth-order valence-electron chi connectivity index (χ4n) is 2.19. The van der Waals surface area contributed by atoms with E-state index in [1.807, 2.05) is 28.7 Å². The van der Waals surface area contributed by atoms with Gasteiger partial charge in [-0.2, -0.15) is 0 Å². The van der Waals surface area contributed by atoms with Gasteiger partial charge in [0.2, 0.25) is 5.75 Å². The van der Waals surface area contributed by atoms with E-state index in [0.29, 0.717) is 28.5 Å². The van der Waals surface area contributed by atoms with Gasteiger partial charge in [0, 0.05) is 21.4 Å². The van der Waals surface area contributed by atoms with Crippen LogP contribution in [0.3, 0.4) is 0 Å². The highest BCUT2D eigenvalue weighted by Gasteiger charge is 2.16. The third-order valence-electron chi connectivity index (χ3n) is 3.38. The Morgan fingerprint density at radius 3 is 2.15 bits per heavy atom. The molecule has 0 aromatic heterocycles. The second-order valence-corrected chi connectivity index (χ2v) is 6.18. The van der Waals surface area contributed by atoms with Crippen LogP contribution in [0.15, 0.2) is 36.4 Å². The van der Waals surface area contributed by atoms with Crippen molar-refractivity contribution in [3.8, 4) is 17.2 Å². The van der Waals surface area contributed by atoms with E-state index in [0.717, 1.165) is 3.57 Å². The maximum absolute atomic E-state index is 12.1. The van der Waals surface area contributed by atoms with Crippen LogP contribution >= 0.6 is 22.6 Å². The highest BCUT2D eigenvalue weighted by Crippen LogP contribution is 2.39. The molecule has 0 aliphatic rings. The molecule has 0 atom stereocenters. The summed E-state index contributed by atoms with van der Waals surface area (Å²) in [4.78, 5) is 24.1. The minimum Gasteiger partial charge on any atom is -0.493 e. The van der Waals surface area contributed by atoms with Crippen LogP contribution in [0, 0.1) is 3.57 Å². The van der Waals surface area contributed by atoms with Crippen molar-refractivity contribution < 1.29 is 28.5 Å². The van der Waals surface area contributed by atoms with Crippen molar-refractivity contribution in [2.24, 2.45) is 0 Å². The average Bonchev–Trinajstić information content (AvgIpc) is 2.65. The lowest BCUT2D eigenvalue weighted by Crippen LogP contribution is -2.21. The molecule has 0 aliphatic heterocycles. The number of hydrogen-bond acceptors (Lipinski definition) is 6. The Kier molecular flexibility index (Phi) is 7.07. The van der Waals surface area contributed by atoms with E-state index in [1.165, 1.54) is 21.3 Å². The maximum Gasteiger partial charge on any atom is 0.339 e. The van der Waals surface area contributed by atoms with Crippen LogP contribution in [-0.2, 0) is 9.53 Å². The van der Waals surface area contributed by atoms with Crippen molar-refractivity contribution in [3.63, 3.8) is 0 Å². The molecule has 0 saturated carbocycles. The van der Waals surface area contributed by atoms with Gasteiger partial charge in [0.15, 0.2) is 18.1 Å². The number of benzene rings is 2. The summed E-state index contributed by atoms with van der Waals surface area (Å²) in [6.07, 6.45) is 0. The third-order valence-corrected chi connectivity index (χ3v) is 4.32. The monoisotopic (exact) mass is 471 g/mol. The molecule has 0 unspecified atom stereocenters. The van der Waals surface area contributed by atoms with Gasteiger partial charge >= 0.3 is 5.97 Å². The molecule has 0 saturated heterocycles. The first-order chi connectivity index (χ1) is 12.5. The molecule has 0 radical (unpaired) electrons. The lowest BCUT2D eigenvalue weighted by molar-refractivity contribution is -0.119. The molecule has 0 spiro atoms. The molecule has 2 rings (SSSR count). The minimum absolute atomic E-state index is 0.401. The van der Waals surface area contributed by atoms with Crippen LogP contribution < -0.4 is 19.5 Å². The van der Waals surface area contributed by atoms with Crippen molar-refractivity contribution in [2.45, 2.75) is 0 Å². The van der Waals surface area contributed by atoms with Gasteiger partial charge in [0.05, 0.1) is 26.9 Å². The maximum atomic E-state index is 12.1. The highest BCUT2D eigenvalue weighted by molar-refractivity contribution is 14.1. The fourth-order valence-corrected chi connectivity index (χ4v) is 2.79. The van der Waals surface area contributed by atoms with Crippen molar-refractivity contribution in [2.75, 3.05) is 33.3 Å². The van der Waals surface area contributed by atoms with E-state index in [-0.39, 0.29) is 0 Å². The average molecular weight is 471 g/mol. The number of hydrogen-bond donors (Lipinski definition) is 1. The summed E-state index contributed by atoms with van der Waals surface area (Å²) in [5.41, 5.74) is 0.837. The molecule has 0 bridgehead atoms. The van der Waals surface area contributed by atoms with Gasteiger partial charge in [-0.1, -0.05) is 12.1 Å². The predicted molar refractivity (Wildman–Crippen MR) is 104 cm³/mol. The third kappa shape index (κ3) is 4.78. The summed E-state index contributed by atoms with van der Waals surface area (Å²) < 4.78 is 21.5. The zero-order valence-electron chi connectivity index (χ0n) is 14.5. The Labute approximate surface area is 164 Å². The van der Waals surface area contributed by atoms with Crippen molar-refractivity contribution >= 4 is 40.2 Å². The van der Waals surface area contributed by atoms with Crippen LogP contribution in [0.2, 0.25) is 0 Å². The summed E-state index contributed by atoms with van der Waals surface area (Å²) in [6, 6.07) is 10.1. The molecule has 0 fully saturated rings. The number of carbonyl (C=O) groups excluding carboxylic acids is 2. The quantitative estimate of drug-likeness (QED) is 0.494. The number of rotatable bonds is 7. The summed E-state index contributed by atoms with van der Waals surface area (Å²) in [6.45, 7) is -0.416. The van der Waals surface area contributed by atoms with Gasteiger partial charge in [0.25, 0.3) is 5.91 Å². The Morgan fingerprint density at radius 2 is 1.62 bits per heavy atom. The number of anilines is 1. The second kappa shape index (κ2) is 9.27. The number of nitrogens with one attached hydrogen (secondary N) is 1. The lowest BCUT2D eigenvalue weighted by Gasteiger charge is -2.14. The van der Waals surface area contributed by atoms with E-state index < -0.39 is 18.5 Å². The second-order valence-electron chi connectivity index (χ2n) is 5.02. The standard InChI is InChI=1S/C18H18INO6/c1-23-14-8-11(9-15(24-2)17(14)25-3)20-16(21)10-26-18(22)12-6-4-5-7-13(12)19/h4-9H,10H2,1-3H3,(H,20,21). The van der Waals surface area contributed by atoms with Gasteiger partial charge in [-0.25, -0.2) is 4.79 Å². The summed E-state index contributed by atoms with van der Waals surface area (Å²) in [5, 5.41) is 2.63. The van der Waals surface area contributed by atoms with Gasteiger partial charge in [-0.3, -0.25) is 4.79 Å². The van der Waals surface area contributed by atoms with Crippen molar-refractivity contribution in [1.29, 1.82) is 0 Å². The van der Waals surface area contributed by atoms with Crippen LogP contribution in [0.25, 0.3) is 0 Å². The van der Waals surface area contributed by atoms with Crippen LogP contribution in [0.1, 0.15) is 10.4 Å². The molecular weight excluding hydrogens is 453 g/mol. The molecule has 0 heterocycles. The number of halogens is 1. The fraction of sp³-hybridized carbons (Fsp3) is 0.222. The Hall–Kier alpha value is -2.49. The lowest BCUT2D eigenvalue weighted by atomic mass is 10.2. The molecule has 8 heteroatoms. The van der Waals surface area contributed by atoms with Crippen LogP contribution in [-0.4, -0.2) is 39.8 Å². The molecule has 0 aliphatic carbocycles. The van der Waals surface area contributed by atoms with Crippen molar-refractivity contribution in [3.05, 3.63) is 45.5 Å². The Bertz CT molecular complexity index is 783. The molecule has 7 nitrogen and oxygen atoms in total. The van der Waals surface area contributed by atoms with E-state index in [2.05, 4.69) is 5.32 Å². The first-order valence-electron chi connectivity index (χ1n) is 7.51. The molecule has 2 aromatic carbocycles. The number of methoxy groups -OCH3 is 3. The van der Waals surface area contributed by atoms with Gasteiger partial charge in [-0.15, -0.1) is 0 Å². The SMILES string of the molecule is COc1cc(NC(=O)COC(=O)c2ccccc2I)cc(OC)c1OC. The smallest absolute Gasteiger partial charge is 0.339 e. The Morgan fingerprint density at radius 1 is 1.00 bits per heavy atom. The predicted octanol–water partition coefficient (Wildman–Crippen LogP) is 3.11. The molecule has 2 aromatic rings. The molecule has 1 N–H and O–H groups in total. The molecule has 26 heavy (non-hydrogen) atoms. The van der Waals surface area contributed by atoms with Crippen LogP contribution in [0.4, 0.5) is 5.69 Å². The summed E-state index contributed by atoms with van der Waals surface area (Å²) in [7, 11) is 4.45. The zero-order valence-corrected chi connectivity index (χ0v) is 16.7. The van der Waals surface area contributed by atoms with Gasteiger partial charge in [-0.05, 0) is 34.7 Å². The van der Waals surface area contributed by atoms with Crippen LogP contribution in [0.5, 0.6) is 17.2 Å². The van der Waals surface area contributed by atoms with E-state index in [9.17, 15) is 9.59 Å². The highest BCUT2D eigenvalue weighted by atomic mass is 127. The van der Waals surface area contributed by atoms with Crippen molar-refractivity contribution in [1.82, 2.24) is 0 Å². The normalized spacial score (nSPS) is 10.0. The van der Waals surface area contributed by atoms with Gasteiger partial charge < -0.3 is 24.3 Å². The number of esters is 1. The number of ether oxygens (including phenoxy) is 4. The Balaban J connectivity index is 2.04. The topological polar surface area (TPSA) is 83.1 Å². The first kappa shape index (κ1) is 19.8. The summed E-state index contributed by atoms with van der Waals surface area (Å²) in [5.74, 6) is 0.169. The zero-order chi connectivity index (χ0) is 19.1. The summed E-state index contributed by atoms with van der Waals surface area (Å²) >= 11 is 2.03. The van der Waals surface area contributed by atoms with E-state index in [1.54, 1.807) is 30.3 Å². The number of carbonyl (C=O) groups is 2. The van der Waals surface area contributed by atoms with E-state index in [4.69, 9.17) is 18.9 Å². The minimum atomic E-state index is -0.560.